The largest absolute Gasteiger partial charge is 0.497 e. The van der Waals surface area contributed by atoms with Crippen molar-refractivity contribution in [3.8, 4) is 11.5 Å². The van der Waals surface area contributed by atoms with Crippen LogP contribution in [-0.2, 0) is 4.79 Å². The van der Waals surface area contributed by atoms with Crippen LogP contribution in [0.3, 0.4) is 0 Å². The number of amides is 1. The molecule has 23 heavy (non-hydrogen) atoms. The molecular weight excluding hydrogens is 341 g/mol. The highest BCUT2D eigenvalue weighted by Crippen LogP contribution is 2.29. The third-order valence-electron chi connectivity index (χ3n) is 2.94. The number of nitrogens with one attached hydrogen (secondary N) is 1. The molecule has 2 aromatic carbocycles. The van der Waals surface area contributed by atoms with Gasteiger partial charge in [0.15, 0.2) is 0 Å². The first-order valence-corrected chi connectivity index (χ1v) is 7.99. The van der Waals surface area contributed by atoms with Crippen LogP contribution in [-0.4, -0.2) is 25.9 Å². The monoisotopic (exact) mass is 355 g/mol. The summed E-state index contributed by atoms with van der Waals surface area (Å²) < 4.78 is 23.4. The van der Waals surface area contributed by atoms with Gasteiger partial charge in [-0.25, -0.2) is 4.39 Å². The topological polar surface area (TPSA) is 47.6 Å². The van der Waals surface area contributed by atoms with Gasteiger partial charge in [-0.05, 0) is 30.3 Å². The molecule has 0 aliphatic carbocycles. The lowest BCUT2D eigenvalue weighted by molar-refractivity contribution is -0.113. The molecule has 0 aliphatic heterocycles. The van der Waals surface area contributed by atoms with E-state index in [1.54, 1.807) is 31.4 Å². The van der Waals surface area contributed by atoms with E-state index in [2.05, 4.69) is 5.32 Å². The van der Waals surface area contributed by atoms with Gasteiger partial charge in [0.2, 0.25) is 5.91 Å². The molecule has 7 heteroatoms. The minimum Gasteiger partial charge on any atom is -0.497 e. The van der Waals surface area contributed by atoms with Gasteiger partial charge in [-0.15, -0.1) is 11.8 Å². The number of benzene rings is 2. The van der Waals surface area contributed by atoms with E-state index in [0.29, 0.717) is 22.1 Å². The SMILES string of the molecule is COc1ccc(OC)c(NC(=O)CSc2ccc(F)c(Cl)c2)c1. The normalized spacial score (nSPS) is 10.3. The Labute approximate surface area is 142 Å². The molecule has 2 aromatic rings. The molecule has 2 rings (SSSR count). The summed E-state index contributed by atoms with van der Waals surface area (Å²) in [4.78, 5) is 12.8. The van der Waals surface area contributed by atoms with Gasteiger partial charge in [-0.1, -0.05) is 11.6 Å². The Balaban J connectivity index is 2.00. The average Bonchev–Trinajstić information content (AvgIpc) is 2.55. The second-order valence-corrected chi connectivity index (χ2v) is 5.93. The lowest BCUT2D eigenvalue weighted by Crippen LogP contribution is -2.14. The van der Waals surface area contributed by atoms with Crippen LogP contribution in [0.25, 0.3) is 0 Å². The van der Waals surface area contributed by atoms with Gasteiger partial charge in [0, 0.05) is 11.0 Å². The van der Waals surface area contributed by atoms with Crippen LogP contribution in [0.4, 0.5) is 10.1 Å². The summed E-state index contributed by atoms with van der Waals surface area (Å²) in [6.07, 6.45) is 0. The molecule has 0 fully saturated rings. The minimum absolute atomic E-state index is 0.0323. The van der Waals surface area contributed by atoms with E-state index in [-0.39, 0.29) is 16.7 Å². The summed E-state index contributed by atoms with van der Waals surface area (Å²) in [5, 5.41) is 2.79. The Morgan fingerprint density at radius 2 is 2.00 bits per heavy atom. The lowest BCUT2D eigenvalue weighted by atomic mass is 10.2. The molecule has 0 spiro atoms. The standard InChI is InChI=1S/C16H15ClFNO3S/c1-21-10-3-6-15(22-2)14(7-10)19-16(20)9-23-11-4-5-13(18)12(17)8-11/h3-8H,9H2,1-2H3,(H,19,20). The van der Waals surface area contributed by atoms with Gasteiger partial charge >= 0.3 is 0 Å². The van der Waals surface area contributed by atoms with E-state index >= 15 is 0 Å². The van der Waals surface area contributed by atoms with Gasteiger partial charge in [0.1, 0.15) is 17.3 Å². The van der Waals surface area contributed by atoms with Gasteiger partial charge in [0.05, 0.1) is 30.7 Å². The zero-order valence-electron chi connectivity index (χ0n) is 12.6. The lowest BCUT2D eigenvalue weighted by Gasteiger charge is -2.11. The predicted octanol–water partition coefficient (Wildman–Crippen LogP) is 4.23. The van der Waals surface area contributed by atoms with Crippen LogP contribution in [0.15, 0.2) is 41.3 Å². The zero-order valence-corrected chi connectivity index (χ0v) is 14.1. The summed E-state index contributed by atoms with van der Waals surface area (Å²) >= 11 is 6.97. The minimum atomic E-state index is -0.485. The molecule has 0 heterocycles. The molecule has 1 amide bonds. The van der Waals surface area contributed by atoms with Crippen molar-refractivity contribution in [2.24, 2.45) is 0 Å². The Morgan fingerprint density at radius 3 is 2.65 bits per heavy atom. The highest BCUT2D eigenvalue weighted by Gasteiger charge is 2.10. The van der Waals surface area contributed by atoms with Crippen LogP contribution < -0.4 is 14.8 Å². The molecule has 0 aromatic heterocycles. The van der Waals surface area contributed by atoms with Crippen molar-refractivity contribution in [3.63, 3.8) is 0 Å². The van der Waals surface area contributed by atoms with Crippen LogP contribution in [0.1, 0.15) is 0 Å². The highest BCUT2D eigenvalue weighted by atomic mass is 35.5. The van der Waals surface area contributed by atoms with Crippen LogP contribution >= 0.6 is 23.4 Å². The molecule has 0 radical (unpaired) electrons. The maximum Gasteiger partial charge on any atom is 0.234 e. The number of halogens is 2. The molecule has 0 atom stereocenters. The van der Waals surface area contributed by atoms with Crippen LogP contribution in [0, 0.1) is 5.82 Å². The van der Waals surface area contributed by atoms with Gasteiger partial charge in [0.25, 0.3) is 0 Å². The second-order valence-electron chi connectivity index (χ2n) is 4.48. The van der Waals surface area contributed by atoms with E-state index in [0.717, 1.165) is 0 Å². The third-order valence-corrected chi connectivity index (χ3v) is 4.23. The Kier molecular flexibility index (Phi) is 6.12. The van der Waals surface area contributed by atoms with Crippen molar-refractivity contribution in [3.05, 3.63) is 47.2 Å². The van der Waals surface area contributed by atoms with E-state index in [4.69, 9.17) is 21.1 Å². The smallest absolute Gasteiger partial charge is 0.234 e. The summed E-state index contributed by atoms with van der Waals surface area (Å²) in [6, 6.07) is 9.46. The summed E-state index contributed by atoms with van der Waals surface area (Å²) in [5.74, 6) is 0.596. The molecule has 0 saturated carbocycles. The number of hydrogen-bond donors (Lipinski definition) is 1. The van der Waals surface area contributed by atoms with Crippen molar-refractivity contribution in [1.82, 2.24) is 0 Å². The number of anilines is 1. The first-order valence-electron chi connectivity index (χ1n) is 6.63. The third kappa shape index (κ3) is 4.77. The quantitative estimate of drug-likeness (QED) is 0.788. The fourth-order valence-electron chi connectivity index (χ4n) is 1.81. The van der Waals surface area contributed by atoms with Crippen molar-refractivity contribution >= 4 is 35.0 Å². The Hall–Kier alpha value is -1.92. The number of methoxy groups -OCH3 is 2. The molecular formula is C16H15ClFNO3S. The number of ether oxygens (including phenoxy) is 2. The van der Waals surface area contributed by atoms with E-state index in [1.807, 2.05) is 0 Å². The maximum absolute atomic E-state index is 13.1. The van der Waals surface area contributed by atoms with Crippen molar-refractivity contribution in [2.45, 2.75) is 4.90 Å². The number of rotatable bonds is 6. The van der Waals surface area contributed by atoms with Crippen molar-refractivity contribution in [1.29, 1.82) is 0 Å². The average molecular weight is 356 g/mol. The second kappa shape index (κ2) is 8.08. The highest BCUT2D eigenvalue weighted by molar-refractivity contribution is 8.00. The summed E-state index contributed by atoms with van der Waals surface area (Å²) in [6.45, 7) is 0. The van der Waals surface area contributed by atoms with E-state index < -0.39 is 5.82 Å². The van der Waals surface area contributed by atoms with Crippen LogP contribution in [0.2, 0.25) is 5.02 Å². The molecule has 0 saturated heterocycles. The van der Waals surface area contributed by atoms with E-state index in [9.17, 15) is 9.18 Å². The fourth-order valence-corrected chi connectivity index (χ4v) is 2.79. The molecule has 0 aliphatic rings. The number of hydrogen-bond acceptors (Lipinski definition) is 4. The Bertz CT molecular complexity index is 712. The van der Waals surface area contributed by atoms with Gasteiger partial charge in [-0.2, -0.15) is 0 Å². The zero-order chi connectivity index (χ0) is 16.8. The van der Waals surface area contributed by atoms with Crippen LogP contribution in [0.5, 0.6) is 11.5 Å². The first kappa shape index (κ1) is 17.4. The molecule has 122 valence electrons. The molecule has 1 N–H and O–H groups in total. The molecule has 0 unspecified atom stereocenters. The number of carbonyl (C=O) groups excluding carboxylic acids is 1. The van der Waals surface area contributed by atoms with Crippen molar-refractivity contribution in [2.75, 3.05) is 25.3 Å². The number of thioether (sulfide) groups is 1. The summed E-state index contributed by atoms with van der Waals surface area (Å²) in [5.41, 5.74) is 0.523. The number of carbonyl (C=O) groups is 1. The fraction of sp³-hybridized carbons (Fsp3) is 0.188. The summed E-state index contributed by atoms with van der Waals surface area (Å²) in [7, 11) is 3.06. The molecule has 0 bridgehead atoms. The van der Waals surface area contributed by atoms with E-state index in [1.165, 1.54) is 31.0 Å². The van der Waals surface area contributed by atoms with Crippen molar-refractivity contribution < 1.29 is 18.7 Å². The van der Waals surface area contributed by atoms with Gasteiger partial charge in [-0.3, -0.25) is 4.79 Å². The first-order chi connectivity index (χ1) is 11.0. The maximum atomic E-state index is 13.1. The molecule has 4 nitrogen and oxygen atoms in total. The Morgan fingerprint density at radius 1 is 1.22 bits per heavy atom. The van der Waals surface area contributed by atoms with Gasteiger partial charge < -0.3 is 14.8 Å². The predicted molar refractivity (Wildman–Crippen MR) is 90.3 cm³/mol.